The smallest absolute Gasteiger partial charge is 0.242 e. The third-order valence-electron chi connectivity index (χ3n) is 5.94. The Bertz CT molecular complexity index is 1070. The summed E-state index contributed by atoms with van der Waals surface area (Å²) in [5.74, 6) is 0.384. The van der Waals surface area contributed by atoms with E-state index >= 15 is 0 Å². The summed E-state index contributed by atoms with van der Waals surface area (Å²) in [5, 5.41) is 6.99. The number of amides is 1. The molecule has 2 aliphatic rings. The molecule has 172 valence electrons. The van der Waals surface area contributed by atoms with E-state index in [1.165, 1.54) is 18.3 Å². The molecule has 2 heterocycles. The molecule has 32 heavy (non-hydrogen) atoms. The highest BCUT2D eigenvalue weighted by molar-refractivity contribution is 7.99. The fraction of sp³-hybridized carbons (Fsp3) is 0.455. The normalized spacial score (nSPS) is 21.8. The topological polar surface area (TPSA) is 100 Å². The summed E-state index contributed by atoms with van der Waals surface area (Å²) in [4.78, 5) is 17.1. The Balaban J connectivity index is 1.30. The van der Waals surface area contributed by atoms with Gasteiger partial charge in [0.15, 0.2) is 0 Å². The van der Waals surface area contributed by atoms with Crippen molar-refractivity contribution in [2.45, 2.75) is 54.6 Å². The largest absolute Gasteiger partial charge is 0.382 e. The Morgan fingerprint density at radius 1 is 1.22 bits per heavy atom. The lowest BCUT2D eigenvalue weighted by atomic mass is 9.85. The van der Waals surface area contributed by atoms with Crippen molar-refractivity contribution in [3.63, 3.8) is 0 Å². The Morgan fingerprint density at radius 2 is 1.94 bits per heavy atom. The number of benzene rings is 1. The molecular formula is C22H27FN4O3S2. The Morgan fingerprint density at radius 3 is 2.66 bits per heavy atom. The number of fused-ring (bicyclic) bond motifs is 1. The number of aromatic nitrogens is 1. The van der Waals surface area contributed by atoms with Crippen LogP contribution < -0.4 is 15.4 Å². The van der Waals surface area contributed by atoms with Crippen LogP contribution in [0.1, 0.15) is 44.2 Å². The monoisotopic (exact) mass is 478 g/mol. The average Bonchev–Trinajstić information content (AvgIpc) is 2.79. The minimum absolute atomic E-state index is 0.0504. The van der Waals surface area contributed by atoms with Crippen molar-refractivity contribution in [3.8, 4) is 0 Å². The lowest BCUT2D eigenvalue weighted by Gasteiger charge is -2.29. The second-order valence-corrected chi connectivity index (χ2v) is 11.0. The van der Waals surface area contributed by atoms with Gasteiger partial charge in [0, 0.05) is 30.5 Å². The van der Waals surface area contributed by atoms with Gasteiger partial charge >= 0.3 is 0 Å². The number of thioether (sulfide) groups is 1. The highest BCUT2D eigenvalue weighted by Crippen LogP contribution is 2.31. The second kappa shape index (κ2) is 9.76. The molecule has 0 bridgehead atoms. The number of nitrogens with one attached hydrogen (secondary N) is 3. The predicted molar refractivity (Wildman–Crippen MR) is 122 cm³/mol. The van der Waals surface area contributed by atoms with Crippen LogP contribution >= 0.6 is 11.8 Å². The molecule has 1 atom stereocenters. The van der Waals surface area contributed by atoms with Crippen LogP contribution in [0.4, 0.5) is 10.1 Å². The van der Waals surface area contributed by atoms with E-state index in [1.807, 2.05) is 6.92 Å². The van der Waals surface area contributed by atoms with E-state index in [1.54, 1.807) is 30.0 Å². The fourth-order valence-electron chi connectivity index (χ4n) is 4.08. The Labute approximate surface area is 192 Å². The van der Waals surface area contributed by atoms with Gasteiger partial charge in [-0.05, 0) is 56.4 Å². The van der Waals surface area contributed by atoms with Gasteiger partial charge in [0.05, 0.1) is 11.7 Å². The average molecular weight is 479 g/mol. The maximum absolute atomic E-state index is 13.1. The molecule has 1 aliphatic carbocycles. The van der Waals surface area contributed by atoms with Crippen LogP contribution in [0, 0.1) is 11.7 Å². The van der Waals surface area contributed by atoms with Crippen molar-refractivity contribution < 1.29 is 17.6 Å². The first-order valence-corrected chi connectivity index (χ1v) is 13.2. The van der Waals surface area contributed by atoms with Crippen LogP contribution in [-0.2, 0) is 14.8 Å². The van der Waals surface area contributed by atoms with Gasteiger partial charge in [0.25, 0.3) is 0 Å². The van der Waals surface area contributed by atoms with Gasteiger partial charge in [-0.2, -0.15) is 0 Å². The summed E-state index contributed by atoms with van der Waals surface area (Å²) in [6.45, 7) is 2.65. The molecule has 1 fully saturated rings. The predicted octanol–water partition coefficient (Wildman–Crippen LogP) is 3.45. The molecule has 0 radical (unpaired) electrons. The third kappa shape index (κ3) is 5.41. The maximum atomic E-state index is 13.1. The van der Waals surface area contributed by atoms with E-state index < -0.39 is 10.0 Å². The molecule has 10 heteroatoms. The van der Waals surface area contributed by atoms with Crippen molar-refractivity contribution in [1.29, 1.82) is 0 Å². The number of pyridine rings is 1. The molecule has 0 saturated heterocycles. The molecule has 1 aliphatic heterocycles. The van der Waals surface area contributed by atoms with Gasteiger partial charge in [-0.25, -0.2) is 22.5 Å². The molecule has 1 aromatic carbocycles. The van der Waals surface area contributed by atoms with Crippen molar-refractivity contribution >= 4 is 33.4 Å². The summed E-state index contributed by atoms with van der Waals surface area (Å²) >= 11 is 1.61. The van der Waals surface area contributed by atoms with E-state index in [0.717, 1.165) is 28.6 Å². The van der Waals surface area contributed by atoms with Gasteiger partial charge in [-0.1, -0.05) is 12.1 Å². The van der Waals surface area contributed by atoms with E-state index in [-0.39, 0.29) is 34.6 Å². The minimum Gasteiger partial charge on any atom is -0.382 e. The lowest BCUT2D eigenvalue weighted by Crippen LogP contribution is -2.41. The molecule has 0 unspecified atom stereocenters. The molecule has 0 spiro atoms. The highest BCUT2D eigenvalue weighted by Gasteiger charge is 2.30. The number of carbonyl (C=O) groups excluding carboxylic acids is 1. The summed E-state index contributed by atoms with van der Waals surface area (Å²) in [6, 6.07) is 7.28. The number of hydrogen-bond donors (Lipinski definition) is 3. The van der Waals surface area contributed by atoms with Crippen molar-refractivity contribution in [1.82, 2.24) is 15.0 Å². The van der Waals surface area contributed by atoms with Crippen molar-refractivity contribution in [2.75, 3.05) is 17.6 Å². The number of carbonyl (C=O) groups is 1. The SMILES string of the molecule is C[C@@H](NC(=O)C1CCC(NS(=O)(=O)c2cnc3c(c2)NCCS3)CC1)c1ccc(F)cc1. The number of hydrogen-bond acceptors (Lipinski definition) is 6. The minimum atomic E-state index is -3.68. The first-order valence-electron chi connectivity index (χ1n) is 10.8. The lowest BCUT2D eigenvalue weighted by molar-refractivity contribution is -0.126. The molecule has 3 N–H and O–H groups in total. The van der Waals surface area contributed by atoms with Gasteiger partial charge < -0.3 is 10.6 Å². The van der Waals surface area contributed by atoms with Gasteiger partial charge in [0.1, 0.15) is 15.7 Å². The number of sulfonamides is 1. The molecular weight excluding hydrogens is 451 g/mol. The molecule has 2 aromatic rings. The van der Waals surface area contributed by atoms with Crippen LogP contribution in [0.2, 0.25) is 0 Å². The van der Waals surface area contributed by atoms with Crippen LogP contribution in [0.3, 0.4) is 0 Å². The quantitative estimate of drug-likeness (QED) is 0.588. The third-order valence-corrected chi connectivity index (χ3v) is 8.44. The zero-order valence-electron chi connectivity index (χ0n) is 17.8. The van der Waals surface area contributed by atoms with Crippen LogP contribution in [0.15, 0.2) is 46.5 Å². The van der Waals surface area contributed by atoms with Crippen molar-refractivity contribution in [2.24, 2.45) is 5.92 Å². The summed E-state index contributed by atoms with van der Waals surface area (Å²) in [5.41, 5.74) is 1.59. The van der Waals surface area contributed by atoms with E-state index in [4.69, 9.17) is 0 Å². The molecule has 1 saturated carbocycles. The first kappa shape index (κ1) is 23.0. The number of anilines is 1. The number of halogens is 1. The van der Waals surface area contributed by atoms with Crippen LogP contribution in [0.5, 0.6) is 0 Å². The fourth-order valence-corrected chi connectivity index (χ4v) is 6.17. The van der Waals surface area contributed by atoms with Gasteiger partial charge in [-0.15, -0.1) is 11.8 Å². The van der Waals surface area contributed by atoms with E-state index in [0.29, 0.717) is 25.7 Å². The molecule has 7 nitrogen and oxygen atoms in total. The zero-order chi connectivity index (χ0) is 22.7. The van der Waals surface area contributed by atoms with Crippen LogP contribution in [-0.4, -0.2) is 37.6 Å². The van der Waals surface area contributed by atoms with Gasteiger partial charge in [-0.3, -0.25) is 4.79 Å². The van der Waals surface area contributed by atoms with E-state index in [9.17, 15) is 17.6 Å². The Kier molecular flexibility index (Phi) is 7.02. The summed E-state index contributed by atoms with van der Waals surface area (Å²) in [7, 11) is -3.68. The Hall–Kier alpha value is -2.17. The molecule has 1 amide bonds. The highest BCUT2D eigenvalue weighted by atomic mass is 32.2. The summed E-state index contributed by atoms with van der Waals surface area (Å²) in [6.07, 6.45) is 3.80. The first-order chi connectivity index (χ1) is 15.3. The van der Waals surface area contributed by atoms with E-state index in [2.05, 4.69) is 20.3 Å². The maximum Gasteiger partial charge on any atom is 0.242 e. The summed E-state index contributed by atoms with van der Waals surface area (Å²) < 4.78 is 41.5. The molecule has 1 aromatic heterocycles. The molecule has 4 rings (SSSR count). The number of nitrogens with zero attached hydrogens (tertiary/aromatic N) is 1. The van der Waals surface area contributed by atoms with Crippen molar-refractivity contribution in [3.05, 3.63) is 47.9 Å². The van der Waals surface area contributed by atoms with Crippen LogP contribution in [0.25, 0.3) is 0 Å². The zero-order valence-corrected chi connectivity index (χ0v) is 19.4. The standard InChI is InChI=1S/C22H27FN4O3S2/c1-14(15-2-6-17(23)7-3-15)26-21(28)16-4-8-18(9-5-16)27-32(29,30)19-12-20-22(25-13-19)31-11-10-24-20/h2-3,6-7,12-14,16,18,24,27H,4-5,8-11H2,1H3,(H,26,28)/t14-,16?,18?/m1/s1. The number of rotatable bonds is 6. The van der Waals surface area contributed by atoms with Gasteiger partial charge in [0.2, 0.25) is 15.9 Å². The second-order valence-electron chi connectivity index (χ2n) is 8.25.